The molecular formula is C12H16N2O4S. The van der Waals surface area contributed by atoms with Gasteiger partial charge in [0.15, 0.2) is 5.89 Å². The van der Waals surface area contributed by atoms with Gasteiger partial charge in [-0.15, -0.1) is 0 Å². The van der Waals surface area contributed by atoms with Crippen molar-refractivity contribution >= 4 is 23.6 Å². The molecule has 7 heteroatoms. The average molecular weight is 284 g/mol. The van der Waals surface area contributed by atoms with Crippen molar-refractivity contribution in [3.63, 3.8) is 0 Å². The smallest absolute Gasteiger partial charge is 0.305 e. The van der Waals surface area contributed by atoms with E-state index in [4.69, 9.17) is 9.52 Å². The van der Waals surface area contributed by atoms with Gasteiger partial charge < -0.3 is 14.4 Å². The van der Waals surface area contributed by atoms with Gasteiger partial charge in [-0.1, -0.05) is 0 Å². The van der Waals surface area contributed by atoms with E-state index in [1.54, 1.807) is 30.5 Å². The van der Waals surface area contributed by atoms with Crippen LogP contribution in [0, 0.1) is 13.8 Å². The van der Waals surface area contributed by atoms with Gasteiger partial charge in [0.2, 0.25) is 5.76 Å². The number of rotatable bonds is 3. The molecule has 19 heavy (non-hydrogen) atoms. The maximum Gasteiger partial charge on any atom is 0.305 e. The van der Waals surface area contributed by atoms with Gasteiger partial charge in [-0.25, -0.2) is 4.98 Å². The minimum Gasteiger partial charge on any atom is -0.481 e. The van der Waals surface area contributed by atoms with Crippen LogP contribution in [0.15, 0.2) is 4.42 Å². The topological polar surface area (TPSA) is 83.6 Å². The Hall–Kier alpha value is -1.50. The third-order valence-corrected chi connectivity index (χ3v) is 4.09. The van der Waals surface area contributed by atoms with Gasteiger partial charge in [0.1, 0.15) is 0 Å². The molecule has 0 bridgehead atoms. The quantitative estimate of drug-likeness (QED) is 0.901. The third kappa shape index (κ3) is 3.09. The van der Waals surface area contributed by atoms with Crippen LogP contribution in [0.25, 0.3) is 0 Å². The number of hydrogen-bond donors (Lipinski definition) is 1. The summed E-state index contributed by atoms with van der Waals surface area (Å²) >= 11 is 1.67. The highest BCUT2D eigenvalue weighted by Crippen LogP contribution is 2.22. The summed E-state index contributed by atoms with van der Waals surface area (Å²) in [6.07, 6.45) is -0.0368. The van der Waals surface area contributed by atoms with Crippen molar-refractivity contribution in [1.29, 1.82) is 0 Å². The third-order valence-electron chi connectivity index (χ3n) is 3.00. The Bertz CT molecular complexity index is 500. The van der Waals surface area contributed by atoms with Crippen molar-refractivity contribution in [3.05, 3.63) is 17.3 Å². The first-order chi connectivity index (χ1) is 8.99. The number of carboxylic acids is 1. The molecule has 1 unspecified atom stereocenters. The number of oxazole rings is 1. The number of aromatic nitrogens is 1. The van der Waals surface area contributed by atoms with Crippen LogP contribution in [0.2, 0.25) is 0 Å². The minimum atomic E-state index is -0.893. The van der Waals surface area contributed by atoms with E-state index in [1.165, 1.54) is 0 Å². The molecule has 6 nitrogen and oxygen atoms in total. The number of carbonyl (C=O) groups excluding carboxylic acids is 1. The van der Waals surface area contributed by atoms with E-state index in [0.29, 0.717) is 23.9 Å². The van der Waals surface area contributed by atoms with Gasteiger partial charge in [-0.3, -0.25) is 9.59 Å². The number of nitrogens with zero attached hydrogens (tertiary/aromatic N) is 2. The van der Waals surface area contributed by atoms with E-state index < -0.39 is 5.97 Å². The molecule has 0 aromatic carbocycles. The molecule has 1 saturated heterocycles. The van der Waals surface area contributed by atoms with Crippen LogP contribution in [0.1, 0.15) is 28.6 Å². The number of carbonyl (C=O) groups is 2. The van der Waals surface area contributed by atoms with E-state index in [1.807, 2.05) is 0 Å². The highest BCUT2D eigenvalue weighted by molar-refractivity contribution is 7.99. The zero-order valence-electron chi connectivity index (χ0n) is 10.9. The van der Waals surface area contributed by atoms with E-state index in [0.717, 1.165) is 5.75 Å². The molecule has 1 amide bonds. The molecule has 104 valence electrons. The van der Waals surface area contributed by atoms with Gasteiger partial charge >= 0.3 is 5.97 Å². The van der Waals surface area contributed by atoms with Gasteiger partial charge in [0.25, 0.3) is 5.91 Å². The Morgan fingerprint density at radius 3 is 2.84 bits per heavy atom. The first-order valence-electron chi connectivity index (χ1n) is 6.03. The van der Waals surface area contributed by atoms with Gasteiger partial charge in [-0.2, -0.15) is 11.8 Å². The molecule has 2 rings (SSSR count). The predicted octanol–water partition coefficient (Wildman–Crippen LogP) is 1.32. The van der Waals surface area contributed by atoms with Crippen LogP contribution in [0.3, 0.4) is 0 Å². The SMILES string of the molecule is Cc1nc(C)c(C(=O)N2CCSCC2CC(=O)O)o1. The van der Waals surface area contributed by atoms with Crippen LogP contribution in [-0.4, -0.2) is 51.0 Å². The lowest BCUT2D eigenvalue weighted by Gasteiger charge is -2.34. The second kappa shape index (κ2) is 5.64. The highest BCUT2D eigenvalue weighted by Gasteiger charge is 2.32. The summed E-state index contributed by atoms with van der Waals surface area (Å²) in [5.41, 5.74) is 0.551. The molecule has 1 aromatic rings. The lowest BCUT2D eigenvalue weighted by atomic mass is 10.1. The Morgan fingerprint density at radius 1 is 1.53 bits per heavy atom. The molecular weight excluding hydrogens is 268 g/mol. The molecule has 1 aromatic heterocycles. The number of amides is 1. The predicted molar refractivity (Wildman–Crippen MR) is 70.4 cm³/mol. The van der Waals surface area contributed by atoms with Crippen molar-refractivity contribution in [3.8, 4) is 0 Å². The summed E-state index contributed by atoms with van der Waals surface area (Å²) in [7, 11) is 0. The Kier molecular flexibility index (Phi) is 4.14. The summed E-state index contributed by atoms with van der Waals surface area (Å²) in [5.74, 6) is 0.973. The van der Waals surface area contributed by atoms with E-state index in [2.05, 4.69) is 4.98 Å². The standard InChI is InChI=1S/C12H16N2O4S/c1-7-11(18-8(2)13-7)12(17)14-3-4-19-6-9(14)5-10(15)16/h9H,3-6H2,1-2H3,(H,15,16). The van der Waals surface area contributed by atoms with Gasteiger partial charge in [0.05, 0.1) is 18.2 Å². The lowest BCUT2D eigenvalue weighted by Crippen LogP contribution is -2.47. The second-order valence-corrected chi connectivity index (χ2v) is 5.62. The molecule has 1 N–H and O–H groups in total. The van der Waals surface area contributed by atoms with Crippen LogP contribution in [-0.2, 0) is 4.79 Å². The van der Waals surface area contributed by atoms with Gasteiger partial charge in [0, 0.05) is 25.0 Å². The molecule has 1 atom stereocenters. The molecule has 0 aliphatic carbocycles. The molecule has 1 aliphatic rings. The summed E-state index contributed by atoms with van der Waals surface area (Å²) in [6, 6.07) is -0.284. The summed E-state index contributed by atoms with van der Waals surface area (Å²) < 4.78 is 5.33. The second-order valence-electron chi connectivity index (χ2n) is 4.47. The zero-order chi connectivity index (χ0) is 14.0. The molecule has 0 saturated carbocycles. The largest absolute Gasteiger partial charge is 0.481 e. The molecule has 2 heterocycles. The van der Waals surface area contributed by atoms with Crippen LogP contribution < -0.4 is 0 Å². The normalized spacial score (nSPS) is 19.5. The maximum absolute atomic E-state index is 12.4. The molecule has 0 spiro atoms. The minimum absolute atomic E-state index is 0.0368. The first-order valence-corrected chi connectivity index (χ1v) is 7.19. The molecule has 1 fully saturated rings. The number of aliphatic carboxylic acids is 1. The Labute approximate surface area is 115 Å². The molecule has 1 aliphatic heterocycles. The number of carboxylic acid groups (broad SMARTS) is 1. The summed E-state index contributed by atoms with van der Waals surface area (Å²) in [5, 5.41) is 8.91. The van der Waals surface area contributed by atoms with Gasteiger partial charge in [-0.05, 0) is 6.92 Å². The number of thioether (sulfide) groups is 1. The Morgan fingerprint density at radius 2 is 2.26 bits per heavy atom. The lowest BCUT2D eigenvalue weighted by molar-refractivity contribution is -0.138. The van der Waals surface area contributed by atoms with Crippen LogP contribution in [0.5, 0.6) is 0 Å². The summed E-state index contributed by atoms with van der Waals surface area (Å²) in [6.45, 7) is 3.94. The van der Waals surface area contributed by atoms with Crippen molar-refractivity contribution in [2.75, 3.05) is 18.1 Å². The monoisotopic (exact) mass is 284 g/mol. The van der Waals surface area contributed by atoms with Crippen LogP contribution >= 0.6 is 11.8 Å². The zero-order valence-corrected chi connectivity index (χ0v) is 11.7. The average Bonchev–Trinajstić information content (AvgIpc) is 2.67. The number of aryl methyl sites for hydroxylation is 2. The van der Waals surface area contributed by atoms with Crippen molar-refractivity contribution in [2.24, 2.45) is 0 Å². The van der Waals surface area contributed by atoms with E-state index >= 15 is 0 Å². The van der Waals surface area contributed by atoms with E-state index in [-0.39, 0.29) is 24.1 Å². The van der Waals surface area contributed by atoms with Crippen molar-refractivity contribution < 1.29 is 19.1 Å². The van der Waals surface area contributed by atoms with Crippen molar-refractivity contribution in [2.45, 2.75) is 26.3 Å². The summed E-state index contributed by atoms with van der Waals surface area (Å²) in [4.78, 5) is 28.9. The highest BCUT2D eigenvalue weighted by atomic mass is 32.2. The molecule has 0 radical (unpaired) electrons. The number of hydrogen-bond acceptors (Lipinski definition) is 5. The van der Waals surface area contributed by atoms with E-state index in [9.17, 15) is 9.59 Å². The van der Waals surface area contributed by atoms with Crippen LogP contribution in [0.4, 0.5) is 0 Å². The van der Waals surface area contributed by atoms with Crippen molar-refractivity contribution in [1.82, 2.24) is 9.88 Å². The fourth-order valence-electron chi connectivity index (χ4n) is 2.15. The first kappa shape index (κ1) is 13.9. The fourth-order valence-corrected chi connectivity index (χ4v) is 3.22. The Balaban J connectivity index is 2.19. The fraction of sp³-hybridized carbons (Fsp3) is 0.583. The maximum atomic E-state index is 12.4.